The van der Waals surface area contributed by atoms with E-state index in [-0.39, 0.29) is 11.6 Å². The predicted molar refractivity (Wildman–Crippen MR) is 85.4 cm³/mol. The first kappa shape index (κ1) is 15.8. The lowest BCUT2D eigenvalue weighted by Crippen LogP contribution is -2.32. The fraction of sp³-hybridized carbons (Fsp3) is 0.294. The Labute approximate surface area is 130 Å². The highest BCUT2D eigenvalue weighted by atomic mass is 35.5. The molecule has 2 rings (SSSR count). The number of hydrogen-bond donors (Lipinski definition) is 2. The first-order valence-corrected chi connectivity index (χ1v) is 7.49. The zero-order chi connectivity index (χ0) is 15.1. The van der Waals surface area contributed by atoms with Crippen molar-refractivity contribution in [1.82, 2.24) is 4.90 Å². The molecule has 0 aliphatic heterocycles. The molecule has 0 heterocycles. The van der Waals surface area contributed by atoms with Gasteiger partial charge in [0.2, 0.25) is 0 Å². The SMILES string of the molecule is Oc1ccccc1CN(Cc1ccccc1)CC(O)CCl. The minimum absolute atomic E-state index is 0.200. The summed E-state index contributed by atoms with van der Waals surface area (Å²) in [7, 11) is 0. The molecule has 0 spiro atoms. The number of halogens is 1. The van der Waals surface area contributed by atoms with Crippen molar-refractivity contribution in [1.29, 1.82) is 0 Å². The Balaban J connectivity index is 2.10. The van der Waals surface area contributed by atoms with Gasteiger partial charge in [-0.25, -0.2) is 0 Å². The topological polar surface area (TPSA) is 43.7 Å². The minimum Gasteiger partial charge on any atom is -0.508 e. The van der Waals surface area contributed by atoms with E-state index in [2.05, 4.69) is 4.90 Å². The van der Waals surface area contributed by atoms with Crippen LogP contribution in [0.4, 0.5) is 0 Å². The van der Waals surface area contributed by atoms with Gasteiger partial charge in [-0.1, -0.05) is 48.5 Å². The van der Waals surface area contributed by atoms with Gasteiger partial charge < -0.3 is 10.2 Å². The van der Waals surface area contributed by atoms with Crippen LogP contribution in [0.2, 0.25) is 0 Å². The second-order valence-corrected chi connectivity index (χ2v) is 5.40. The number of benzene rings is 2. The molecular formula is C17H20ClNO2. The van der Waals surface area contributed by atoms with E-state index in [1.807, 2.05) is 42.5 Å². The van der Waals surface area contributed by atoms with Crippen molar-refractivity contribution in [3.63, 3.8) is 0 Å². The Bertz CT molecular complexity index is 547. The molecule has 21 heavy (non-hydrogen) atoms. The fourth-order valence-electron chi connectivity index (χ4n) is 2.26. The number of phenolic OH excluding ortho intramolecular Hbond substituents is 1. The smallest absolute Gasteiger partial charge is 0.120 e. The normalized spacial score (nSPS) is 12.5. The van der Waals surface area contributed by atoms with Gasteiger partial charge in [0.15, 0.2) is 0 Å². The number of para-hydroxylation sites is 1. The summed E-state index contributed by atoms with van der Waals surface area (Å²) in [4.78, 5) is 2.08. The van der Waals surface area contributed by atoms with Crippen LogP contribution < -0.4 is 0 Å². The maximum absolute atomic E-state index is 9.90. The Morgan fingerprint density at radius 3 is 2.29 bits per heavy atom. The summed E-state index contributed by atoms with van der Waals surface area (Å²) in [5, 5.41) is 19.7. The molecule has 0 amide bonds. The molecule has 112 valence electrons. The molecule has 3 nitrogen and oxygen atoms in total. The number of aromatic hydroxyl groups is 1. The van der Waals surface area contributed by atoms with E-state index in [0.29, 0.717) is 19.6 Å². The minimum atomic E-state index is -0.582. The second kappa shape index (κ2) is 8.03. The molecule has 0 saturated carbocycles. The van der Waals surface area contributed by atoms with Gasteiger partial charge in [-0.15, -0.1) is 11.6 Å². The molecule has 0 aromatic heterocycles. The largest absolute Gasteiger partial charge is 0.508 e. The van der Waals surface area contributed by atoms with Crippen molar-refractivity contribution in [3.8, 4) is 5.75 Å². The summed E-state index contributed by atoms with van der Waals surface area (Å²) in [5.74, 6) is 0.474. The van der Waals surface area contributed by atoms with Crippen molar-refractivity contribution in [2.24, 2.45) is 0 Å². The summed E-state index contributed by atoms with van der Waals surface area (Å²) in [6.07, 6.45) is -0.582. The molecule has 0 aliphatic carbocycles. The monoisotopic (exact) mass is 305 g/mol. The van der Waals surface area contributed by atoms with Crippen molar-refractivity contribution in [2.45, 2.75) is 19.2 Å². The van der Waals surface area contributed by atoms with Crippen LogP contribution >= 0.6 is 11.6 Å². The molecule has 0 bridgehead atoms. The maximum Gasteiger partial charge on any atom is 0.120 e. The number of aliphatic hydroxyl groups excluding tert-OH is 1. The van der Waals surface area contributed by atoms with E-state index < -0.39 is 6.10 Å². The van der Waals surface area contributed by atoms with Crippen molar-refractivity contribution >= 4 is 11.6 Å². The Hall–Kier alpha value is -1.55. The van der Waals surface area contributed by atoms with E-state index in [4.69, 9.17) is 11.6 Å². The average Bonchev–Trinajstić information content (AvgIpc) is 2.50. The van der Waals surface area contributed by atoms with E-state index in [1.165, 1.54) is 0 Å². The van der Waals surface area contributed by atoms with Gasteiger partial charge in [0.25, 0.3) is 0 Å². The number of aliphatic hydroxyl groups is 1. The molecule has 1 unspecified atom stereocenters. The Morgan fingerprint density at radius 1 is 0.952 bits per heavy atom. The van der Waals surface area contributed by atoms with Gasteiger partial charge in [-0.05, 0) is 11.6 Å². The molecule has 0 fully saturated rings. The zero-order valence-corrected chi connectivity index (χ0v) is 12.6. The first-order valence-electron chi connectivity index (χ1n) is 6.96. The third-order valence-corrected chi connectivity index (χ3v) is 3.64. The fourth-order valence-corrected chi connectivity index (χ4v) is 2.36. The molecule has 0 aliphatic rings. The molecule has 1 atom stereocenters. The molecule has 2 aromatic rings. The molecular weight excluding hydrogens is 286 g/mol. The molecule has 4 heteroatoms. The van der Waals surface area contributed by atoms with Crippen LogP contribution in [-0.2, 0) is 13.1 Å². The van der Waals surface area contributed by atoms with Crippen molar-refractivity contribution < 1.29 is 10.2 Å². The summed E-state index contributed by atoms with van der Waals surface area (Å²) in [5.41, 5.74) is 2.00. The van der Waals surface area contributed by atoms with Crippen LogP contribution in [0.25, 0.3) is 0 Å². The van der Waals surface area contributed by atoms with Crippen molar-refractivity contribution in [3.05, 3.63) is 65.7 Å². The standard InChI is InChI=1S/C17H20ClNO2/c18-10-16(20)13-19(11-14-6-2-1-3-7-14)12-15-8-4-5-9-17(15)21/h1-9,16,20-21H,10-13H2. The van der Waals surface area contributed by atoms with Crippen LogP contribution in [0.15, 0.2) is 54.6 Å². The predicted octanol–water partition coefficient (Wildman–Crippen LogP) is 2.99. The molecule has 0 radical (unpaired) electrons. The molecule has 2 N–H and O–H groups in total. The summed E-state index contributed by atoms with van der Waals surface area (Å²) >= 11 is 5.71. The number of nitrogens with zero attached hydrogens (tertiary/aromatic N) is 1. The molecule has 0 saturated heterocycles. The van der Waals surface area contributed by atoms with E-state index in [9.17, 15) is 10.2 Å². The Kier molecular flexibility index (Phi) is 6.05. The van der Waals surface area contributed by atoms with Crippen LogP contribution in [0.5, 0.6) is 5.75 Å². The van der Waals surface area contributed by atoms with E-state index >= 15 is 0 Å². The summed E-state index contributed by atoms with van der Waals surface area (Å²) < 4.78 is 0. The highest BCUT2D eigenvalue weighted by molar-refractivity contribution is 6.18. The summed E-state index contributed by atoms with van der Waals surface area (Å²) in [6, 6.07) is 17.3. The first-order chi connectivity index (χ1) is 10.2. The van der Waals surface area contributed by atoms with Crippen LogP contribution in [-0.4, -0.2) is 33.6 Å². The van der Waals surface area contributed by atoms with E-state index in [1.54, 1.807) is 12.1 Å². The highest BCUT2D eigenvalue weighted by Gasteiger charge is 2.13. The maximum atomic E-state index is 9.90. The lowest BCUT2D eigenvalue weighted by molar-refractivity contribution is 0.120. The third kappa shape index (κ3) is 5.05. The lowest BCUT2D eigenvalue weighted by atomic mass is 10.1. The lowest BCUT2D eigenvalue weighted by Gasteiger charge is -2.25. The van der Waals surface area contributed by atoms with Gasteiger partial charge in [-0.2, -0.15) is 0 Å². The number of hydrogen-bond acceptors (Lipinski definition) is 3. The van der Waals surface area contributed by atoms with Gasteiger partial charge in [0, 0.05) is 31.1 Å². The van der Waals surface area contributed by atoms with Crippen LogP contribution in [0.3, 0.4) is 0 Å². The van der Waals surface area contributed by atoms with Crippen LogP contribution in [0.1, 0.15) is 11.1 Å². The van der Waals surface area contributed by atoms with Gasteiger partial charge in [0.1, 0.15) is 5.75 Å². The van der Waals surface area contributed by atoms with Crippen LogP contribution in [0, 0.1) is 0 Å². The number of rotatable bonds is 7. The zero-order valence-electron chi connectivity index (χ0n) is 11.8. The van der Waals surface area contributed by atoms with Crippen molar-refractivity contribution in [2.75, 3.05) is 12.4 Å². The number of alkyl halides is 1. The van der Waals surface area contributed by atoms with Gasteiger partial charge in [0.05, 0.1) is 6.10 Å². The van der Waals surface area contributed by atoms with E-state index in [0.717, 1.165) is 11.1 Å². The highest BCUT2D eigenvalue weighted by Crippen LogP contribution is 2.19. The van der Waals surface area contributed by atoms with Gasteiger partial charge >= 0.3 is 0 Å². The Morgan fingerprint density at radius 2 is 1.62 bits per heavy atom. The number of phenols is 1. The quantitative estimate of drug-likeness (QED) is 0.773. The second-order valence-electron chi connectivity index (χ2n) is 5.09. The summed E-state index contributed by atoms with van der Waals surface area (Å²) in [6.45, 7) is 1.73. The van der Waals surface area contributed by atoms with Gasteiger partial charge in [-0.3, -0.25) is 4.90 Å². The molecule has 2 aromatic carbocycles. The third-order valence-electron chi connectivity index (χ3n) is 3.28. The average molecular weight is 306 g/mol.